The Labute approximate surface area is 92.3 Å². The summed E-state index contributed by atoms with van der Waals surface area (Å²) in [6, 6.07) is 7.95. The Balaban J connectivity index is 2.05. The van der Waals surface area contributed by atoms with Crippen molar-refractivity contribution in [1.29, 1.82) is 0 Å². The number of benzene rings is 1. The molecule has 0 aliphatic rings. The molecule has 1 aromatic carbocycles. The molecule has 3 N–H and O–H groups in total. The number of nitrogens with zero attached hydrogens (tertiary/aromatic N) is 2. The van der Waals surface area contributed by atoms with E-state index in [0.29, 0.717) is 17.9 Å². The Morgan fingerprint density at radius 1 is 1.31 bits per heavy atom. The van der Waals surface area contributed by atoms with E-state index in [4.69, 9.17) is 5.73 Å². The third-order valence-electron chi connectivity index (χ3n) is 2.02. The summed E-state index contributed by atoms with van der Waals surface area (Å²) in [5.74, 6) is -0.360. The van der Waals surface area contributed by atoms with Gasteiger partial charge in [-0.2, -0.15) is 10.2 Å². The number of hydrogen-bond donors (Lipinski definition) is 2. The van der Waals surface area contributed by atoms with Crippen LogP contribution in [-0.2, 0) is 6.54 Å². The number of anilines is 2. The van der Waals surface area contributed by atoms with E-state index in [2.05, 4.69) is 15.5 Å². The topological polar surface area (TPSA) is 63.8 Å². The van der Waals surface area contributed by atoms with Crippen molar-refractivity contribution in [3.05, 3.63) is 48.0 Å². The summed E-state index contributed by atoms with van der Waals surface area (Å²) in [5, 5.41) is 10.7. The highest BCUT2D eigenvalue weighted by Gasteiger charge is 1.99. The Morgan fingerprint density at radius 2 is 2.19 bits per heavy atom. The monoisotopic (exact) mass is 218 g/mol. The van der Waals surface area contributed by atoms with Gasteiger partial charge in [0.25, 0.3) is 0 Å². The van der Waals surface area contributed by atoms with Gasteiger partial charge in [0.1, 0.15) is 5.82 Å². The number of aromatic nitrogens is 2. The lowest BCUT2D eigenvalue weighted by molar-refractivity contribution is 0.629. The summed E-state index contributed by atoms with van der Waals surface area (Å²) >= 11 is 0. The van der Waals surface area contributed by atoms with E-state index in [1.165, 1.54) is 12.1 Å². The third-order valence-corrected chi connectivity index (χ3v) is 2.02. The largest absolute Gasteiger partial charge is 0.399 e. The first-order valence-electron chi connectivity index (χ1n) is 4.80. The fourth-order valence-corrected chi connectivity index (χ4v) is 1.33. The minimum atomic E-state index is -0.360. The second-order valence-corrected chi connectivity index (χ2v) is 3.34. The number of rotatable bonds is 3. The summed E-state index contributed by atoms with van der Waals surface area (Å²) in [6.45, 7) is 0.483. The molecule has 0 bridgehead atoms. The van der Waals surface area contributed by atoms with Gasteiger partial charge in [0.05, 0.1) is 12.2 Å². The Morgan fingerprint density at radius 3 is 2.88 bits per heavy atom. The standard InChI is InChI=1S/C11H11FN4/c12-8-4-9(13)6-11(5-8)14-7-10-2-1-3-15-16-10/h1-6,14H,7,13H2. The van der Waals surface area contributed by atoms with Crippen LogP contribution >= 0.6 is 0 Å². The van der Waals surface area contributed by atoms with Crippen LogP contribution in [0.25, 0.3) is 0 Å². The van der Waals surface area contributed by atoms with Gasteiger partial charge in [-0.05, 0) is 30.3 Å². The van der Waals surface area contributed by atoms with Crippen LogP contribution in [-0.4, -0.2) is 10.2 Å². The highest BCUT2D eigenvalue weighted by molar-refractivity contribution is 5.54. The molecule has 0 unspecified atom stereocenters. The highest BCUT2D eigenvalue weighted by Crippen LogP contribution is 2.15. The lowest BCUT2D eigenvalue weighted by Gasteiger charge is -2.06. The quantitative estimate of drug-likeness (QED) is 0.771. The molecule has 1 aromatic heterocycles. The van der Waals surface area contributed by atoms with Crippen LogP contribution in [0.5, 0.6) is 0 Å². The fraction of sp³-hybridized carbons (Fsp3) is 0.0909. The van der Waals surface area contributed by atoms with Crippen LogP contribution in [0, 0.1) is 5.82 Å². The number of nitrogens with one attached hydrogen (secondary N) is 1. The van der Waals surface area contributed by atoms with Crippen LogP contribution in [0.3, 0.4) is 0 Å². The molecular formula is C11H11FN4. The van der Waals surface area contributed by atoms with Gasteiger partial charge in [-0.15, -0.1) is 0 Å². The highest BCUT2D eigenvalue weighted by atomic mass is 19.1. The average molecular weight is 218 g/mol. The number of halogens is 1. The first-order valence-corrected chi connectivity index (χ1v) is 4.80. The lowest BCUT2D eigenvalue weighted by Crippen LogP contribution is -2.03. The first-order chi connectivity index (χ1) is 7.74. The normalized spacial score (nSPS) is 10.1. The maximum absolute atomic E-state index is 13.0. The van der Waals surface area contributed by atoms with Crippen LogP contribution in [0.1, 0.15) is 5.69 Å². The molecule has 0 fully saturated rings. The van der Waals surface area contributed by atoms with Crippen LogP contribution in [0.4, 0.5) is 15.8 Å². The van der Waals surface area contributed by atoms with Crippen molar-refractivity contribution in [2.75, 3.05) is 11.1 Å². The van der Waals surface area contributed by atoms with Gasteiger partial charge in [0.2, 0.25) is 0 Å². The van der Waals surface area contributed by atoms with Crippen LogP contribution in [0.15, 0.2) is 36.5 Å². The Bertz CT molecular complexity index is 452. The van der Waals surface area contributed by atoms with Gasteiger partial charge in [0.15, 0.2) is 0 Å². The van der Waals surface area contributed by atoms with Gasteiger partial charge in [-0.25, -0.2) is 4.39 Å². The summed E-state index contributed by atoms with van der Waals surface area (Å²) in [5.41, 5.74) is 7.32. The summed E-state index contributed by atoms with van der Waals surface area (Å²) in [7, 11) is 0. The maximum atomic E-state index is 13.0. The molecular weight excluding hydrogens is 207 g/mol. The average Bonchev–Trinajstić information content (AvgIpc) is 2.27. The van der Waals surface area contributed by atoms with E-state index in [-0.39, 0.29) is 5.82 Å². The molecule has 5 heteroatoms. The summed E-state index contributed by atoms with van der Waals surface area (Å²) in [4.78, 5) is 0. The number of nitrogens with two attached hydrogens (primary N) is 1. The molecule has 0 saturated carbocycles. The van der Waals surface area contributed by atoms with Gasteiger partial charge in [-0.1, -0.05) is 0 Å². The summed E-state index contributed by atoms with van der Waals surface area (Å²) in [6.07, 6.45) is 1.60. The van der Waals surface area contributed by atoms with E-state index >= 15 is 0 Å². The molecule has 0 spiro atoms. The predicted octanol–water partition coefficient (Wildman–Crippen LogP) is 1.81. The molecule has 0 aliphatic heterocycles. The third kappa shape index (κ3) is 2.66. The zero-order chi connectivity index (χ0) is 11.4. The van der Waals surface area contributed by atoms with E-state index < -0.39 is 0 Å². The van der Waals surface area contributed by atoms with E-state index in [9.17, 15) is 4.39 Å². The maximum Gasteiger partial charge on any atom is 0.127 e. The molecule has 1 heterocycles. The van der Waals surface area contributed by atoms with Crippen LogP contribution in [0.2, 0.25) is 0 Å². The lowest BCUT2D eigenvalue weighted by atomic mass is 10.2. The van der Waals surface area contributed by atoms with E-state index in [1.807, 2.05) is 6.07 Å². The van der Waals surface area contributed by atoms with E-state index in [0.717, 1.165) is 5.69 Å². The molecule has 0 aliphatic carbocycles. The Hall–Kier alpha value is -2.17. The molecule has 0 radical (unpaired) electrons. The van der Waals surface area contributed by atoms with Crippen molar-refractivity contribution >= 4 is 11.4 Å². The predicted molar refractivity (Wildman–Crippen MR) is 60.2 cm³/mol. The summed E-state index contributed by atoms with van der Waals surface area (Å²) < 4.78 is 13.0. The second kappa shape index (κ2) is 4.57. The minimum Gasteiger partial charge on any atom is -0.399 e. The molecule has 0 amide bonds. The van der Waals surface area contributed by atoms with Gasteiger partial charge in [-0.3, -0.25) is 0 Å². The smallest absolute Gasteiger partial charge is 0.127 e. The SMILES string of the molecule is Nc1cc(F)cc(NCc2cccnn2)c1. The van der Waals surface area contributed by atoms with E-state index in [1.54, 1.807) is 18.3 Å². The molecule has 2 aromatic rings. The van der Waals surface area contributed by atoms with Crippen molar-refractivity contribution in [2.45, 2.75) is 6.54 Å². The first kappa shape index (κ1) is 10.4. The molecule has 0 saturated heterocycles. The van der Waals surface area contributed by atoms with Gasteiger partial charge >= 0.3 is 0 Å². The zero-order valence-electron chi connectivity index (χ0n) is 8.52. The number of nitrogen functional groups attached to an aromatic ring is 1. The molecule has 0 atom stereocenters. The molecule has 82 valence electrons. The van der Waals surface area contributed by atoms with Crippen molar-refractivity contribution < 1.29 is 4.39 Å². The van der Waals surface area contributed by atoms with Crippen molar-refractivity contribution in [3.63, 3.8) is 0 Å². The van der Waals surface area contributed by atoms with Crippen molar-refractivity contribution in [3.8, 4) is 0 Å². The van der Waals surface area contributed by atoms with Gasteiger partial charge in [0, 0.05) is 17.6 Å². The molecule has 2 rings (SSSR count). The molecule has 4 nitrogen and oxygen atoms in total. The van der Waals surface area contributed by atoms with Gasteiger partial charge < -0.3 is 11.1 Å². The number of hydrogen-bond acceptors (Lipinski definition) is 4. The zero-order valence-corrected chi connectivity index (χ0v) is 8.52. The van der Waals surface area contributed by atoms with Crippen molar-refractivity contribution in [2.24, 2.45) is 0 Å². The fourth-order valence-electron chi connectivity index (χ4n) is 1.33. The Kier molecular flexibility index (Phi) is 2.95. The van der Waals surface area contributed by atoms with Crippen molar-refractivity contribution in [1.82, 2.24) is 10.2 Å². The van der Waals surface area contributed by atoms with Crippen LogP contribution < -0.4 is 11.1 Å². The minimum absolute atomic E-state index is 0.360. The second-order valence-electron chi connectivity index (χ2n) is 3.34. The molecule has 16 heavy (non-hydrogen) atoms.